The van der Waals surface area contributed by atoms with Gasteiger partial charge in [-0.3, -0.25) is 14.3 Å². The van der Waals surface area contributed by atoms with Crippen molar-refractivity contribution in [1.29, 1.82) is 0 Å². The van der Waals surface area contributed by atoms with Crippen molar-refractivity contribution >= 4 is 35.0 Å². The van der Waals surface area contributed by atoms with Gasteiger partial charge in [0.25, 0.3) is 11.8 Å². The molecule has 0 radical (unpaired) electrons. The van der Waals surface area contributed by atoms with Gasteiger partial charge in [0.2, 0.25) is 6.17 Å². The molecule has 2 N–H and O–H groups in total. The first-order chi connectivity index (χ1) is 19.0. The van der Waals surface area contributed by atoms with Gasteiger partial charge in [0.15, 0.2) is 0 Å². The summed E-state index contributed by atoms with van der Waals surface area (Å²) in [4.78, 5) is 31.8. The number of aromatic nitrogens is 2. The minimum absolute atomic E-state index is 0.0103. The predicted molar refractivity (Wildman–Crippen MR) is 146 cm³/mol. The number of halogens is 2. The Morgan fingerprint density at radius 3 is 2.51 bits per heavy atom. The Balaban J connectivity index is 1.44. The molecular weight excluding hydrogens is 520 g/mol. The van der Waals surface area contributed by atoms with Crippen LogP contribution >= 0.6 is 11.8 Å². The van der Waals surface area contributed by atoms with E-state index in [1.165, 1.54) is 30.0 Å². The Hall–Kier alpha value is -4.31. The molecule has 0 fully saturated rings. The van der Waals surface area contributed by atoms with Crippen LogP contribution in [0, 0.1) is 11.6 Å². The van der Waals surface area contributed by atoms with E-state index in [-0.39, 0.29) is 22.5 Å². The Morgan fingerprint density at radius 1 is 0.949 bits per heavy atom. The largest absolute Gasteiger partial charge is 0.322 e. The second-order valence-electron chi connectivity index (χ2n) is 9.16. The van der Waals surface area contributed by atoms with Gasteiger partial charge in [-0.1, -0.05) is 54.6 Å². The van der Waals surface area contributed by atoms with E-state index in [9.17, 15) is 18.4 Å². The minimum Gasteiger partial charge on any atom is -0.322 e. The summed E-state index contributed by atoms with van der Waals surface area (Å²) in [5.41, 5.74) is 1.97. The van der Waals surface area contributed by atoms with E-state index in [0.29, 0.717) is 28.4 Å². The van der Waals surface area contributed by atoms with Crippen molar-refractivity contribution in [1.82, 2.24) is 15.1 Å². The number of amides is 2. The average Bonchev–Trinajstić information content (AvgIpc) is 3.05. The van der Waals surface area contributed by atoms with Gasteiger partial charge in [0, 0.05) is 23.2 Å². The fourth-order valence-corrected chi connectivity index (χ4v) is 5.90. The summed E-state index contributed by atoms with van der Waals surface area (Å²) in [6.07, 6.45) is 0.447. The van der Waals surface area contributed by atoms with Crippen LogP contribution < -0.4 is 10.6 Å². The first-order valence-corrected chi connectivity index (χ1v) is 13.5. The Labute approximate surface area is 227 Å². The van der Waals surface area contributed by atoms with Crippen LogP contribution in [-0.2, 0) is 11.3 Å². The third kappa shape index (κ3) is 4.72. The van der Waals surface area contributed by atoms with Crippen LogP contribution in [0.4, 0.5) is 14.5 Å². The number of aliphatic imine (C=N–C) groups is 1. The number of nitrogens with zero attached hydrogens (tertiary/aromatic N) is 3. The number of benzodiazepines with no additional fused rings is 1. The number of hydrogen-bond acceptors (Lipinski definition) is 5. The molecule has 2 amide bonds. The Morgan fingerprint density at radius 2 is 1.69 bits per heavy atom. The van der Waals surface area contributed by atoms with Gasteiger partial charge in [-0.05, 0) is 36.8 Å². The van der Waals surface area contributed by atoms with Crippen molar-refractivity contribution in [3.8, 4) is 11.3 Å². The van der Waals surface area contributed by atoms with Gasteiger partial charge >= 0.3 is 0 Å². The quantitative estimate of drug-likeness (QED) is 0.368. The van der Waals surface area contributed by atoms with Crippen LogP contribution in [0.3, 0.4) is 0 Å². The molecule has 7 nitrogen and oxygen atoms in total. The van der Waals surface area contributed by atoms with Crippen LogP contribution in [0.15, 0.2) is 82.8 Å². The second kappa shape index (κ2) is 10.5. The van der Waals surface area contributed by atoms with Crippen LogP contribution in [0.25, 0.3) is 11.3 Å². The number of para-hydroxylation sites is 1. The standard InChI is InChI=1S/C29H23F2N5O2S/c30-20-13-5-4-11-18(20)25-22(29-36(35-25)15-6-7-16-39-29)27(37)34-26-28(38)33-24-19(12-8-14-21(24)31)23(32-26)17-9-2-1-3-10-17/h1-5,8-14,26H,6-7,15-16H2,(H,33,38)(H,34,37)/t26-/m1/s1. The number of anilines is 1. The molecule has 1 atom stereocenters. The fraction of sp³-hybridized carbons (Fsp3) is 0.172. The molecular formula is C29H23F2N5O2S. The highest BCUT2D eigenvalue weighted by Crippen LogP contribution is 2.35. The molecule has 1 aromatic heterocycles. The van der Waals surface area contributed by atoms with Gasteiger partial charge in [0.05, 0.1) is 17.0 Å². The smallest absolute Gasteiger partial charge is 0.269 e. The van der Waals surface area contributed by atoms with E-state index in [4.69, 9.17) is 0 Å². The van der Waals surface area contributed by atoms with Crippen LogP contribution in [0.2, 0.25) is 0 Å². The van der Waals surface area contributed by atoms with Crippen molar-refractivity contribution in [3.05, 3.63) is 101 Å². The zero-order valence-electron chi connectivity index (χ0n) is 20.7. The highest BCUT2D eigenvalue weighted by Gasteiger charge is 2.33. The molecule has 2 aliphatic rings. The van der Waals surface area contributed by atoms with Gasteiger partial charge in [-0.25, -0.2) is 13.8 Å². The van der Waals surface area contributed by atoms with Crippen molar-refractivity contribution in [2.24, 2.45) is 4.99 Å². The van der Waals surface area contributed by atoms with Crippen molar-refractivity contribution in [3.63, 3.8) is 0 Å². The van der Waals surface area contributed by atoms with Crippen molar-refractivity contribution < 1.29 is 18.4 Å². The lowest BCUT2D eigenvalue weighted by Gasteiger charge is -2.14. The number of carbonyl (C=O) groups is 2. The van der Waals surface area contributed by atoms with E-state index >= 15 is 0 Å². The number of nitrogens with one attached hydrogen (secondary N) is 2. The zero-order valence-corrected chi connectivity index (χ0v) is 21.5. The van der Waals surface area contributed by atoms with E-state index in [1.807, 2.05) is 18.2 Å². The summed E-state index contributed by atoms with van der Waals surface area (Å²) >= 11 is 1.47. The third-order valence-corrected chi connectivity index (χ3v) is 7.78. The molecule has 10 heteroatoms. The average molecular weight is 544 g/mol. The SMILES string of the molecule is O=C(N[C@H]1N=C(c2ccccc2)c2cccc(F)c2NC1=O)c1c(-c2ccccc2F)nn2c1SCCCC2. The first kappa shape index (κ1) is 25.0. The maximum atomic E-state index is 14.9. The van der Waals surface area contributed by atoms with Gasteiger partial charge in [-0.15, -0.1) is 11.8 Å². The molecule has 39 heavy (non-hydrogen) atoms. The lowest BCUT2D eigenvalue weighted by molar-refractivity contribution is -0.117. The fourth-order valence-electron chi connectivity index (χ4n) is 4.74. The molecule has 0 saturated carbocycles. The molecule has 3 aromatic carbocycles. The van der Waals surface area contributed by atoms with E-state index in [0.717, 1.165) is 18.6 Å². The number of carbonyl (C=O) groups excluding carboxylic acids is 2. The molecule has 0 unspecified atom stereocenters. The molecule has 4 aromatic rings. The summed E-state index contributed by atoms with van der Waals surface area (Å²) < 4.78 is 31.4. The molecule has 0 aliphatic carbocycles. The Bertz CT molecular complexity index is 1620. The maximum Gasteiger partial charge on any atom is 0.269 e. The van der Waals surface area contributed by atoms with Crippen LogP contribution in [0.1, 0.15) is 34.3 Å². The topological polar surface area (TPSA) is 88.4 Å². The lowest BCUT2D eigenvalue weighted by atomic mass is 10.0. The summed E-state index contributed by atoms with van der Waals surface area (Å²) in [7, 11) is 0. The van der Waals surface area contributed by atoms with Gasteiger partial charge < -0.3 is 10.6 Å². The normalized spacial score (nSPS) is 16.7. The van der Waals surface area contributed by atoms with Gasteiger partial charge in [0.1, 0.15) is 22.4 Å². The highest BCUT2D eigenvalue weighted by molar-refractivity contribution is 7.99. The maximum absolute atomic E-state index is 14.9. The van der Waals surface area contributed by atoms with Crippen molar-refractivity contribution in [2.75, 3.05) is 11.1 Å². The first-order valence-electron chi connectivity index (χ1n) is 12.5. The second-order valence-corrected chi connectivity index (χ2v) is 10.2. The number of benzene rings is 3. The summed E-state index contributed by atoms with van der Waals surface area (Å²) in [5, 5.41) is 10.5. The number of rotatable bonds is 4. The van der Waals surface area contributed by atoms with Crippen LogP contribution in [-0.4, -0.2) is 39.2 Å². The predicted octanol–water partition coefficient (Wildman–Crippen LogP) is 5.26. The van der Waals surface area contributed by atoms with E-state index in [2.05, 4.69) is 20.7 Å². The summed E-state index contributed by atoms with van der Waals surface area (Å²) in [5.74, 6) is -1.66. The molecule has 0 saturated heterocycles. The number of fused-ring (bicyclic) bond motifs is 2. The number of thioether (sulfide) groups is 1. The molecule has 2 aliphatic heterocycles. The van der Waals surface area contributed by atoms with Crippen LogP contribution in [0.5, 0.6) is 0 Å². The highest BCUT2D eigenvalue weighted by atomic mass is 32.2. The lowest BCUT2D eigenvalue weighted by Crippen LogP contribution is -2.42. The van der Waals surface area contributed by atoms with Gasteiger partial charge in [-0.2, -0.15) is 5.10 Å². The molecule has 6 rings (SSSR count). The molecule has 0 spiro atoms. The van der Waals surface area contributed by atoms with E-state index in [1.54, 1.807) is 41.1 Å². The number of hydrogen-bond donors (Lipinski definition) is 2. The summed E-state index contributed by atoms with van der Waals surface area (Å²) in [6, 6.07) is 19.6. The molecule has 196 valence electrons. The monoisotopic (exact) mass is 543 g/mol. The third-order valence-electron chi connectivity index (χ3n) is 6.60. The molecule has 0 bridgehead atoms. The summed E-state index contributed by atoms with van der Waals surface area (Å²) in [6.45, 7) is 0.589. The zero-order chi connectivity index (χ0) is 26.9. The van der Waals surface area contributed by atoms with Crippen molar-refractivity contribution in [2.45, 2.75) is 30.6 Å². The molecule has 3 heterocycles. The number of aryl methyl sites for hydroxylation is 1. The van der Waals surface area contributed by atoms with E-state index < -0.39 is 29.6 Å². The Kier molecular flexibility index (Phi) is 6.70. The minimum atomic E-state index is -1.38.